The second kappa shape index (κ2) is 3.35. The lowest BCUT2D eigenvalue weighted by molar-refractivity contribution is 0.513. The van der Waals surface area contributed by atoms with Gasteiger partial charge in [0.05, 0.1) is 0 Å². The normalized spacial score (nSPS) is 11.8. The summed E-state index contributed by atoms with van der Waals surface area (Å²) in [5.74, 6) is 2.70. The van der Waals surface area contributed by atoms with E-state index in [1.54, 1.807) is 6.08 Å². The van der Waals surface area contributed by atoms with Crippen molar-refractivity contribution in [3.05, 3.63) is 19.1 Å². The van der Waals surface area contributed by atoms with Gasteiger partial charge < -0.3 is 0 Å². The first-order valence-electron chi connectivity index (χ1n) is 3.04. The molecule has 0 heterocycles. The molecule has 0 atom stereocenters. The second-order valence-corrected chi connectivity index (χ2v) is 2.70. The first-order chi connectivity index (χ1) is 4.12. The Morgan fingerprint density at radius 2 is 2.22 bits per heavy atom. The minimum atomic E-state index is -0.00576. The van der Waals surface area contributed by atoms with Gasteiger partial charge in [0.2, 0.25) is 0 Å². The van der Waals surface area contributed by atoms with Crippen molar-refractivity contribution in [1.82, 2.24) is 0 Å². The largest absolute Gasteiger partial charge is 0.120 e. The second-order valence-electron chi connectivity index (χ2n) is 2.70. The zero-order valence-electron chi connectivity index (χ0n) is 6.15. The predicted molar refractivity (Wildman–Crippen MR) is 41.7 cm³/mol. The van der Waals surface area contributed by atoms with Gasteiger partial charge >= 0.3 is 0 Å². The van der Waals surface area contributed by atoms with Crippen LogP contribution >= 0.6 is 0 Å². The lowest BCUT2D eigenvalue weighted by atomic mass is 9.91. The Morgan fingerprint density at radius 1 is 1.67 bits per heavy atom. The van der Waals surface area contributed by atoms with Crippen molar-refractivity contribution in [1.29, 1.82) is 0 Å². The van der Waals surface area contributed by atoms with Crippen LogP contribution in [0.25, 0.3) is 0 Å². The smallest absolute Gasteiger partial charge is 0.0290 e. The molecular formula is C9H13. The summed E-state index contributed by atoms with van der Waals surface area (Å²) >= 11 is 0. The molecule has 1 radical (unpaired) electrons. The Balaban J connectivity index is 3.76. The van der Waals surface area contributed by atoms with Crippen molar-refractivity contribution in [2.75, 3.05) is 0 Å². The van der Waals surface area contributed by atoms with Gasteiger partial charge in [-0.15, -0.1) is 12.3 Å². The highest BCUT2D eigenvalue weighted by molar-refractivity contribution is 5.04. The van der Waals surface area contributed by atoms with Crippen molar-refractivity contribution in [3.8, 4) is 12.3 Å². The summed E-state index contributed by atoms with van der Waals surface area (Å²) in [6.45, 7) is 7.64. The Bertz CT molecular complexity index is 133. The van der Waals surface area contributed by atoms with Crippen LogP contribution in [-0.2, 0) is 0 Å². The van der Waals surface area contributed by atoms with E-state index < -0.39 is 0 Å². The number of allylic oxidation sites excluding steroid dienone is 2. The third-order valence-electron chi connectivity index (χ3n) is 1.19. The molecule has 0 aliphatic heterocycles. The van der Waals surface area contributed by atoms with Crippen LogP contribution in [0.3, 0.4) is 0 Å². The molecule has 0 fully saturated rings. The summed E-state index contributed by atoms with van der Waals surface area (Å²) in [6, 6.07) is 0. The number of terminal acetylenes is 1. The van der Waals surface area contributed by atoms with Gasteiger partial charge in [0.25, 0.3) is 0 Å². The minimum Gasteiger partial charge on any atom is -0.120 e. The molecule has 0 unspecified atom stereocenters. The highest BCUT2D eigenvalue weighted by atomic mass is 14.1. The number of hydrogen-bond acceptors (Lipinski definition) is 0. The third-order valence-corrected chi connectivity index (χ3v) is 1.19. The highest BCUT2D eigenvalue weighted by Crippen LogP contribution is 2.18. The molecule has 0 aliphatic rings. The highest BCUT2D eigenvalue weighted by Gasteiger charge is 2.09. The average Bonchev–Trinajstić information content (AvgIpc) is 1.84. The van der Waals surface area contributed by atoms with Crippen LogP contribution in [0.5, 0.6) is 0 Å². The van der Waals surface area contributed by atoms with Crippen LogP contribution in [0.1, 0.15) is 20.3 Å². The third kappa shape index (κ3) is 3.85. The van der Waals surface area contributed by atoms with Crippen molar-refractivity contribution >= 4 is 0 Å². The number of hydrogen-bond donors (Lipinski definition) is 0. The SMILES string of the molecule is C#CC(C)(C)CC=C[CH2]. The van der Waals surface area contributed by atoms with E-state index in [9.17, 15) is 0 Å². The Hall–Kier alpha value is -0.700. The van der Waals surface area contributed by atoms with Crippen LogP contribution in [0, 0.1) is 24.7 Å². The van der Waals surface area contributed by atoms with Gasteiger partial charge in [-0.2, -0.15) is 0 Å². The maximum Gasteiger partial charge on any atom is 0.0290 e. The van der Waals surface area contributed by atoms with Gasteiger partial charge in [-0.3, -0.25) is 0 Å². The molecule has 0 aromatic rings. The fourth-order valence-corrected chi connectivity index (χ4v) is 0.437. The lowest BCUT2D eigenvalue weighted by Crippen LogP contribution is -2.04. The van der Waals surface area contributed by atoms with Gasteiger partial charge in [0, 0.05) is 5.41 Å². The van der Waals surface area contributed by atoms with E-state index in [2.05, 4.69) is 12.8 Å². The molecule has 0 saturated heterocycles. The van der Waals surface area contributed by atoms with Crippen LogP contribution < -0.4 is 0 Å². The fraction of sp³-hybridized carbons (Fsp3) is 0.444. The molecule has 0 saturated carbocycles. The maximum atomic E-state index is 5.24. The number of rotatable bonds is 2. The maximum absolute atomic E-state index is 5.24. The van der Waals surface area contributed by atoms with E-state index in [0.29, 0.717) is 0 Å². The summed E-state index contributed by atoms with van der Waals surface area (Å²) in [6.07, 6.45) is 9.92. The van der Waals surface area contributed by atoms with Crippen LogP contribution in [-0.4, -0.2) is 0 Å². The topological polar surface area (TPSA) is 0 Å². The summed E-state index contributed by atoms with van der Waals surface area (Å²) in [4.78, 5) is 0. The molecule has 0 N–H and O–H groups in total. The van der Waals surface area contributed by atoms with Crippen LogP contribution in [0.2, 0.25) is 0 Å². The van der Waals surface area contributed by atoms with Gasteiger partial charge in [0.1, 0.15) is 0 Å². The predicted octanol–water partition coefficient (Wildman–Crippen LogP) is 2.43. The zero-order chi connectivity index (χ0) is 7.33. The lowest BCUT2D eigenvalue weighted by Gasteiger charge is -2.13. The first-order valence-corrected chi connectivity index (χ1v) is 3.04. The Morgan fingerprint density at radius 3 is 2.56 bits per heavy atom. The molecule has 0 amide bonds. The summed E-state index contributed by atoms with van der Waals surface area (Å²) < 4.78 is 0. The van der Waals surface area contributed by atoms with E-state index in [-0.39, 0.29) is 5.41 Å². The molecule has 9 heavy (non-hydrogen) atoms. The van der Waals surface area contributed by atoms with E-state index in [0.717, 1.165) is 6.42 Å². The van der Waals surface area contributed by atoms with Crippen LogP contribution in [0.15, 0.2) is 12.2 Å². The Labute approximate surface area is 58.0 Å². The van der Waals surface area contributed by atoms with Gasteiger partial charge in [-0.25, -0.2) is 0 Å². The summed E-state index contributed by atoms with van der Waals surface area (Å²) in [5.41, 5.74) is -0.00576. The molecule has 0 aliphatic carbocycles. The average molecular weight is 121 g/mol. The monoisotopic (exact) mass is 121 g/mol. The molecule has 49 valence electrons. The minimum absolute atomic E-state index is 0.00576. The zero-order valence-corrected chi connectivity index (χ0v) is 6.15. The van der Waals surface area contributed by atoms with Gasteiger partial charge in [0.15, 0.2) is 0 Å². The van der Waals surface area contributed by atoms with Crippen LogP contribution in [0.4, 0.5) is 0 Å². The summed E-state index contributed by atoms with van der Waals surface area (Å²) in [7, 11) is 0. The van der Waals surface area contributed by atoms with E-state index in [4.69, 9.17) is 6.42 Å². The van der Waals surface area contributed by atoms with Crippen molar-refractivity contribution in [2.24, 2.45) is 5.41 Å². The summed E-state index contributed by atoms with van der Waals surface area (Å²) in [5, 5.41) is 0. The van der Waals surface area contributed by atoms with Crippen molar-refractivity contribution in [2.45, 2.75) is 20.3 Å². The standard InChI is InChI=1S/C9H13/c1-5-7-8-9(3,4)6-2/h2,5,7H,1,8H2,3-4H3. The van der Waals surface area contributed by atoms with Crippen molar-refractivity contribution in [3.63, 3.8) is 0 Å². The molecule has 0 rings (SSSR count). The van der Waals surface area contributed by atoms with E-state index in [1.165, 1.54) is 0 Å². The first kappa shape index (κ1) is 8.30. The Kier molecular flexibility index (Phi) is 3.09. The molecule has 0 aromatic heterocycles. The quantitative estimate of drug-likeness (QED) is 0.492. The molecule has 0 aromatic carbocycles. The van der Waals surface area contributed by atoms with E-state index in [1.807, 2.05) is 19.9 Å². The molecule has 0 spiro atoms. The van der Waals surface area contributed by atoms with Crippen molar-refractivity contribution < 1.29 is 0 Å². The fourth-order valence-electron chi connectivity index (χ4n) is 0.437. The molecule has 0 nitrogen and oxygen atoms in total. The van der Waals surface area contributed by atoms with Gasteiger partial charge in [-0.1, -0.05) is 12.2 Å². The molecular weight excluding hydrogens is 108 g/mol. The molecule has 0 bridgehead atoms. The molecule has 0 heteroatoms. The van der Waals surface area contributed by atoms with E-state index >= 15 is 0 Å². The van der Waals surface area contributed by atoms with Gasteiger partial charge in [-0.05, 0) is 27.2 Å².